The molecule has 23 heavy (non-hydrogen) atoms. The first-order valence-corrected chi connectivity index (χ1v) is 7.68. The van der Waals surface area contributed by atoms with Crippen LogP contribution in [0.4, 0.5) is 0 Å². The molecule has 0 radical (unpaired) electrons. The molecule has 0 bridgehead atoms. The molecule has 2 nitrogen and oxygen atoms in total. The average molecular weight is 295 g/mol. The van der Waals surface area contributed by atoms with Crippen LogP contribution in [0.1, 0.15) is 0 Å². The van der Waals surface area contributed by atoms with E-state index < -0.39 is 0 Å². The third kappa shape index (κ3) is 1.66. The van der Waals surface area contributed by atoms with Gasteiger partial charge in [-0.2, -0.15) is 0 Å². The second kappa shape index (κ2) is 4.43. The van der Waals surface area contributed by atoms with Gasteiger partial charge in [-0.25, -0.2) is 0 Å². The highest BCUT2D eigenvalue weighted by Crippen LogP contribution is 2.27. The van der Waals surface area contributed by atoms with Gasteiger partial charge in [0.25, 0.3) is 0 Å². The quantitative estimate of drug-likeness (QED) is 0.317. The minimum Gasteiger partial charge on any atom is -0.354 e. The lowest BCUT2D eigenvalue weighted by molar-refractivity contribution is 1.50. The Balaban J connectivity index is 2.14. The lowest BCUT2D eigenvalue weighted by Crippen LogP contribution is -2.05. The highest BCUT2D eigenvalue weighted by molar-refractivity contribution is 6.14. The number of H-pyrrole nitrogens is 1. The van der Waals surface area contributed by atoms with E-state index in [-0.39, 0.29) is 5.43 Å². The van der Waals surface area contributed by atoms with Gasteiger partial charge in [0.2, 0.25) is 0 Å². The SMILES string of the molecule is O=c1c2c(ccc3ccccc32)[nH]c2ccc3ccccc3c12. The maximum atomic E-state index is 13.3. The molecule has 0 aliphatic heterocycles. The molecule has 5 aromatic rings. The van der Waals surface area contributed by atoms with Crippen LogP contribution in [0.15, 0.2) is 77.6 Å². The van der Waals surface area contributed by atoms with Crippen LogP contribution in [-0.2, 0) is 0 Å². The first-order chi connectivity index (χ1) is 11.3. The predicted octanol–water partition coefficient (Wildman–Crippen LogP) is 4.99. The average Bonchev–Trinajstić information content (AvgIpc) is 2.61. The third-order valence-corrected chi connectivity index (χ3v) is 4.58. The first kappa shape index (κ1) is 12.4. The zero-order chi connectivity index (χ0) is 15.4. The molecule has 2 heteroatoms. The predicted molar refractivity (Wildman–Crippen MR) is 97.1 cm³/mol. The summed E-state index contributed by atoms with van der Waals surface area (Å²) >= 11 is 0. The molecule has 108 valence electrons. The molecule has 0 saturated carbocycles. The zero-order valence-corrected chi connectivity index (χ0v) is 12.3. The Labute approximate surface area is 132 Å². The van der Waals surface area contributed by atoms with Crippen LogP contribution in [0.5, 0.6) is 0 Å². The zero-order valence-electron chi connectivity index (χ0n) is 12.3. The van der Waals surface area contributed by atoms with Crippen molar-refractivity contribution in [2.75, 3.05) is 0 Å². The van der Waals surface area contributed by atoms with E-state index in [1.165, 1.54) is 0 Å². The van der Waals surface area contributed by atoms with Gasteiger partial charge in [-0.05, 0) is 33.7 Å². The highest BCUT2D eigenvalue weighted by Gasteiger charge is 2.11. The summed E-state index contributed by atoms with van der Waals surface area (Å²) in [5.41, 5.74) is 1.87. The van der Waals surface area contributed by atoms with Crippen molar-refractivity contribution in [2.24, 2.45) is 0 Å². The van der Waals surface area contributed by atoms with E-state index in [9.17, 15) is 4.79 Å². The van der Waals surface area contributed by atoms with Gasteiger partial charge in [0.05, 0.1) is 21.8 Å². The van der Waals surface area contributed by atoms with Crippen molar-refractivity contribution >= 4 is 43.4 Å². The molecule has 1 N–H and O–H groups in total. The number of aromatic nitrogens is 1. The Morgan fingerprint density at radius 3 is 1.57 bits per heavy atom. The van der Waals surface area contributed by atoms with Crippen LogP contribution < -0.4 is 5.43 Å². The molecule has 0 aliphatic rings. The number of pyridine rings is 1. The number of nitrogens with one attached hydrogen (secondary N) is 1. The highest BCUT2D eigenvalue weighted by atomic mass is 16.1. The topological polar surface area (TPSA) is 32.9 Å². The summed E-state index contributed by atoms with van der Waals surface area (Å²) < 4.78 is 0. The Morgan fingerprint density at radius 1 is 0.565 bits per heavy atom. The maximum absolute atomic E-state index is 13.3. The number of rotatable bonds is 0. The summed E-state index contributed by atoms with van der Waals surface area (Å²) in [6.07, 6.45) is 0. The van der Waals surface area contributed by atoms with Gasteiger partial charge in [0.1, 0.15) is 0 Å². The van der Waals surface area contributed by atoms with Crippen LogP contribution in [0, 0.1) is 0 Å². The number of aromatic amines is 1. The molecule has 0 atom stereocenters. The molecule has 4 aromatic carbocycles. The molecule has 0 spiro atoms. The monoisotopic (exact) mass is 295 g/mol. The van der Waals surface area contributed by atoms with Gasteiger partial charge >= 0.3 is 0 Å². The van der Waals surface area contributed by atoms with E-state index in [1.807, 2.05) is 60.7 Å². The van der Waals surface area contributed by atoms with Gasteiger partial charge in [-0.3, -0.25) is 4.79 Å². The van der Waals surface area contributed by atoms with Crippen LogP contribution in [0.2, 0.25) is 0 Å². The Kier molecular flexibility index (Phi) is 2.39. The Morgan fingerprint density at radius 2 is 1.04 bits per heavy atom. The normalized spacial score (nSPS) is 11.7. The summed E-state index contributed by atoms with van der Waals surface area (Å²) in [6.45, 7) is 0. The second-order valence-electron chi connectivity index (χ2n) is 5.87. The number of fused-ring (bicyclic) bond motifs is 6. The fourth-order valence-electron chi connectivity index (χ4n) is 3.51. The second-order valence-corrected chi connectivity index (χ2v) is 5.87. The molecule has 1 aromatic heterocycles. The molecular weight excluding hydrogens is 282 g/mol. The minimum absolute atomic E-state index is 0.0994. The van der Waals surface area contributed by atoms with Crippen LogP contribution in [0.25, 0.3) is 43.4 Å². The summed E-state index contributed by atoms with van der Waals surface area (Å²) in [5.74, 6) is 0. The third-order valence-electron chi connectivity index (χ3n) is 4.58. The van der Waals surface area contributed by atoms with E-state index in [0.717, 1.165) is 43.4 Å². The minimum atomic E-state index is 0.0994. The molecule has 0 amide bonds. The standard InChI is InChI=1S/C21H13NO/c23-21-19-15-7-3-1-5-13(15)9-11-17(19)22-18-12-10-14-6-2-4-8-16(14)20(18)21/h1-12H,(H,22,23). The van der Waals surface area contributed by atoms with E-state index in [1.54, 1.807) is 0 Å². The van der Waals surface area contributed by atoms with Crippen molar-refractivity contribution in [1.82, 2.24) is 4.98 Å². The van der Waals surface area contributed by atoms with E-state index in [0.29, 0.717) is 0 Å². The molecular formula is C21H13NO. The van der Waals surface area contributed by atoms with Crippen molar-refractivity contribution in [3.63, 3.8) is 0 Å². The first-order valence-electron chi connectivity index (χ1n) is 7.68. The molecule has 0 aliphatic carbocycles. The molecule has 0 saturated heterocycles. The number of hydrogen-bond donors (Lipinski definition) is 1. The largest absolute Gasteiger partial charge is 0.354 e. The Hall–Kier alpha value is -3.13. The van der Waals surface area contributed by atoms with Crippen LogP contribution in [-0.4, -0.2) is 4.98 Å². The lowest BCUT2D eigenvalue weighted by atomic mass is 9.99. The van der Waals surface area contributed by atoms with Crippen molar-refractivity contribution in [1.29, 1.82) is 0 Å². The Bertz CT molecular complexity index is 1180. The summed E-state index contributed by atoms with van der Waals surface area (Å²) in [7, 11) is 0. The number of hydrogen-bond acceptors (Lipinski definition) is 1. The maximum Gasteiger partial charge on any atom is 0.198 e. The molecule has 5 rings (SSSR count). The van der Waals surface area contributed by atoms with Gasteiger partial charge in [-0.1, -0.05) is 60.7 Å². The fourth-order valence-corrected chi connectivity index (χ4v) is 3.51. The van der Waals surface area contributed by atoms with Crippen molar-refractivity contribution in [2.45, 2.75) is 0 Å². The fraction of sp³-hybridized carbons (Fsp3) is 0. The smallest absolute Gasteiger partial charge is 0.198 e. The lowest BCUT2D eigenvalue weighted by Gasteiger charge is -2.08. The van der Waals surface area contributed by atoms with Crippen LogP contribution in [0.3, 0.4) is 0 Å². The number of benzene rings is 4. The van der Waals surface area contributed by atoms with Gasteiger partial charge in [0.15, 0.2) is 5.43 Å². The summed E-state index contributed by atoms with van der Waals surface area (Å²) in [5, 5.41) is 5.72. The van der Waals surface area contributed by atoms with E-state index in [2.05, 4.69) is 17.1 Å². The van der Waals surface area contributed by atoms with Gasteiger partial charge in [-0.15, -0.1) is 0 Å². The van der Waals surface area contributed by atoms with Crippen LogP contribution >= 0.6 is 0 Å². The van der Waals surface area contributed by atoms with Crippen molar-refractivity contribution in [3.8, 4) is 0 Å². The molecule has 0 fully saturated rings. The van der Waals surface area contributed by atoms with E-state index >= 15 is 0 Å². The summed E-state index contributed by atoms with van der Waals surface area (Å²) in [6, 6.07) is 24.2. The molecule has 1 heterocycles. The van der Waals surface area contributed by atoms with E-state index in [4.69, 9.17) is 0 Å². The van der Waals surface area contributed by atoms with Crippen molar-refractivity contribution in [3.05, 3.63) is 83.0 Å². The molecule has 0 unspecified atom stereocenters. The van der Waals surface area contributed by atoms with Crippen molar-refractivity contribution < 1.29 is 0 Å². The summed E-state index contributed by atoms with van der Waals surface area (Å²) in [4.78, 5) is 16.7. The van der Waals surface area contributed by atoms with Gasteiger partial charge in [0, 0.05) is 0 Å². The van der Waals surface area contributed by atoms with Gasteiger partial charge < -0.3 is 4.98 Å².